The molecule has 0 atom stereocenters. The fraction of sp³-hybridized carbons (Fsp3) is 0.636. The number of hydrogen-bond acceptors (Lipinski definition) is 6. The highest BCUT2D eigenvalue weighted by Crippen LogP contribution is 2.21. The number of hydrogen-bond donors (Lipinski definition) is 1. The number of ether oxygens (including phenoxy) is 1. The van der Waals surface area contributed by atoms with Crippen LogP contribution in [-0.2, 0) is 14.8 Å². The average molecular weight is 286 g/mol. The SMILES string of the molecule is CNc1ncc(S(=O)(=O)N2CCC(OC)CC2)cn1. The van der Waals surface area contributed by atoms with Gasteiger partial charge in [0.1, 0.15) is 4.90 Å². The molecule has 106 valence electrons. The molecular formula is C11H18N4O3S. The predicted molar refractivity (Wildman–Crippen MR) is 70.4 cm³/mol. The molecule has 0 unspecified atom stereocenters. The van der Waals surface area contributed by atoms with Crippen LogP contribution in [0.5, 0.6) is 0 Å². The van der Waals surface area contributed by atoms with Crippen LogP contribution < -0.4 is 5.32 Å². The summed E-state index contributed by atoms with van der Waals surface area (Å²) in [6, 6.07) is 0. The highest BCUT2D eigenvalue weighted by atomic mass is 32.2. The molecule has 0 bridgehead atoms. The Labute approximate surface area is 113 Å². The Balaban J connectivity index is 2.13. The third-order valence-electron chi connectivity index (χ3n) is 3.22. The van der Waals surface area contributed by atoms with Crippen molar-refractivity contribution in [1.29, 1.82) is 0 Å². The Morgan fingerprint density at radius 2 is 1.89 bits per heavy atom. The first kappa shape index (κ1) is 14.2. The fourth-order valence-electron chi connectivity index (χ4n) is 2.04. The number of methoxy groups -OCH3 is 1. The maximum Gasteiger partial charge on any atom is 0.246 e. The monoisotopic (exact) mass is 286 g/mol. The first-order valence-corrected chi connectivity index (χ1v) is 7.54. The Hall–Kier alpha value is -1.25. The van der Waals surface area contributed by atoms with Gasteiger partial charge in [-0.3, -0.25) is 0 Å². The van der Waals surface area contributed by atoms with Gasteiger partial charge in [-0.05, 0) is 12.8 Å². The van der Waals surface area contributed by atoms with Gasteiger partial charge in [0.25, 0.3) is 0 Å². The molecule has 1 N–H and O–H groups in total. The van der Waals surface area contributed by atoms with Crippen LogP contribution in [0.15, 0.2) is 17.3 Å². The summed E-state index contributed by atoms with van der Waals surface area (Å²) in [6.07, 6.45) is 4.23. The second-order valence-electron chi connectivity index (χ2n) is 4.33. The maximum atomic E-state index is 12.4. The maximum absolute atomic E-state index is 12.4. The van der Waals surface area contributed by atoms with Gasteiger partial charge in [0.15, 0.2) is 0 Å². The normalized spacial score (nSPS) is 18.4. The first-order valence-electron chi connectivity index (χ1n) is 6.10. The zero-order chi connectivity index (χ0) is 13.9. The van der Waals surface area contributed by atoms with Gasteiger partial charge in [0, 0.05) is 27.2 Å². The van der Waals surface area contributed by atoms with E-state index in [1.165, 1.54) is 16.7 Å². The number of nitrogens with zero attached hydrogens (tertiary/aromatic N) is 3. The zero-order valence-electron chi connectivity index (χ0n) is 11.0. The number of piperidine rings is 1. The van der Waals surface area contributed by atoms with Crippen LogP contribution in [0.2, 0.25) is 0 Å². The van der Waals surface area contributed by atoms with Crippen molar-refractivity contribution >= 4 is 16.0 Å². The van der Waals surface area contributed by atoms with E-state index in [0.29, 0.717) is 31.9 Å². The molecule has 1 aromatic heterocycles. The van der Waals surface area contributed by atoms with Gasteiger partial charge in [-0.2, -0.15) is 4.31 Å². The van der Waals surface area contributed by atoms with Crippen LogP contribution >= 0.6 is 0 Å². The summed E-state index contributed by atoms with van der Waals surface area (Å²) in [5, 5.41) is 2.75. The largest absolute Gasteiger partial charge is 0.381 e. The number of aromatic nitrogens is 2. The van der Waals surface area contributed by atoms with Gasteiger partial charge < -0.3 is 10.1 Å². The second-order valence-corrected chi connectivity index (χ2v) is 6.27. The molecular weight excluding hydrogens is 268 g/mol. The minimum Gasteiger partial charge on any atom is -0.381 e. The standard InChI is InChI=1S/C11H18N4O3S/c1-12-11-13-7-10(8-14-11)19(16,17)15-5-3-9(18-2)4-6-15/h7-9H,3-6H2,1-2H3,(H,12,13,14). The van der Waals surface area contributed by atoms with Crippen LogP contribution in [0.3, 0.4) is 0 Å². The van der Waals surface area contributed by atoms with Gasteiger partial charge in [-0.25, -0.2) is 18.4 Å². The lowest BCUT2D eigenvalue weighted by Gasteiger charge is -2.30. The number of sulfonamides is 1. The second kappa shape index (κ2) is 5.81. The summed E-state index contributed by atoms with van der Waals surface area (Å²) >= 11 is 0. The molecule has 19 heavy (non-hydrogen) atoms. The average Bonchev–Trinajstić information content (AvgIpc) is 2.47. The van der Waals surface area contributed by atoms with E-state index in [1.807, 2.05) is 0 Å². The van der Waals surface area contributed by atoms with Crippen molar-refractivity contribution in [3.63, 3.8) is 0 Å². The van der Waals surface area contributed by atoms with Crippen molar-refractivity contribution in [3.8, 4) is 0 Å². The van der Waals surface area contributed by atoms with Crippen LogP contribution in [0.4, 0.5) is 5.95 Å². The van der Waals surface area contributed by atoms with E-state index in [0.717, 1.165) is 0 Å². The molecule has 0 amide bonds. The highest BCUT2D eigenvalue weighted by Gasteiger charge is 2.29. The van der Waals surface area contributed by atoms with E-state index < -0.39 is 10.0 Å². The van der Waals surface area contributed by atoms with Crippen molar-refractivity contribution in [1.82, 2.24) is 14.3 Å². The van der Waals surface area contributed by atoms with Crippen LogP contribution in [0.25, 0.3) is 0 Å². The Morgan fingerprint density at radius 3 is 2.37 bits per heavy atom. The summed E-state index contributed by atoms with van der Waals surface area (Å²) in [7, 11) is -0.162. The van der Waals surface area contributed by atoms with Crippen molar-refractivity contribution < 1.29 is 13.2 Å². The summed E-state index contributed by atoms with van der Waals surface area (Å²) < 4.78 is 31.4. The third-order valence-corrected chi connectivity index (χ3v) is 5.08. The Morgan fingerprint density at radius 1 is 1.32 bits per heavy atom. The van der Waals surface area contributed by atoms with E-state index in [-0.39, 0.29) is 11.0 Å². The number of nitrogens with one attached hydrogen (secondary N) is 1. The van der Waals surface area contributed by atoms with Gasteiger partial charge in [-0.1, -0.05) is 0 Å². The summed E-state index contributed by atoms with van der Waals surface area (Å²) in [4.78, 5) is 8.00. The number of rotatable bonds is 4. The summed E-state index contributed by atoms with van der Waals surface area (Å²) in [6.45, 7) is 0.934. The number of anilines is 1. The van der Waals surface area contributed by atoms with E-state index in [2.05, 4.69) is 15.3 Å². The van der Waals surface area contributed by atoms with Crippen molar-refractivity contribution in [2.24, 2.45) is 0 Å². The minimum absolute atomic E-state index is 0.127. The molecule has 2 heterocycles. The molecule has 0 aliphatic carbocycles. The molecule has 7 nitrogen and oxygen atoms in total. The molecule has 0 aromatic carbocycles. The van der Waals surface area contributed by atoms with Crippen molar-refractivity contribution in [2.75, 3.05) is 32.6 Å². The molecule has 0 radical (unpaired) electrons. The minimum atomic E-state index is -3.49. The zero-order valence-corrected chi connectivity index (χ0v) is 11.9. The smallest absolute Gasteiger partial charge is 0.246 e. The van der Waals surface area contributed by atoms with Crippen LogP contribution in [0, 0.1) is 0 Å². The van der Waals surface area contributed by atoms with E-state index in [1.54, 1.807) is 14.2 Å². The molecule has 1 aromatic rings. The highest BCUT2D eigenvalue weighted by molar-refractivity contribution is 7.89. The van der Waals surface area contributed by atoms with Crippen molar-refractivity contribution in [2.45, 2.75) is 23.8 Å². The first-order chi connectivity index (χ1) is 9.07. The molecule has 0 saturated carbocycles. The molecule has 2 rings (SSSR count). The Bertz CT molecular complexity index is 509. The topological polar surface area (TPSA) is 84.4 Å². The summed E-state index contributed by atoms with van der Waals surface area (Å²) in [5.74, 6) is 0.400. The molecule has 8 heteroatoms. The lowest BCUT2D eigenvalue weighted by Crippen LogP contribution is -2.40. The summed E-state index contributed by atoms with van der Waals surface area (Å²) in [5.41, 5.74) is 0. The van der Waals surface area contributed by atoms with Gasteiger partial charge in [0.2, 0.25) is 16.0 Å². The van der Waals surface area contributed by atoms with E-state index in [9.17, 15) is 8.42 Å². The van der Waals surface area contributed by atoms with E-state index >= 15 is 0 Å². The molecule has 1 aliphatic heterocycles. The fourth-order valence-corrected chi connectivity index (χ4v) is 3.40. The molecule has 1 fully saturated rings. The Kier molecular flexibility index (Phi) is 4.33. The lowest BCUT2D eigenvalue weighted by molar-refractivity contribution is 0.0604. The van der Waals surface area contributed by atoms with Crippen LogP contribution in [0.1, 0.15) is 12.8 Å². The van der Waals surface area contributed by atoms with Crippen LogP contribution in [-0.4, -0.2) is 56.0 Å². The quantitative estimate of drug-likeness (QED) is 0.858. The molecule has 1 saturated heterocycles. The van der Waals surface area contributed by atoms with E-state index in [4.69, 9.17) is 4.74 Å². The third kappa shape index (κ3) is 3.02. The van der Waals surface area contributed by atoms with Crippen molar-refractivity contribution in [3.05, 3.63) is 12.4 Å². The lowest BCUT2D eigenvalue weighted by atomic mass is 10.1. The van der Waals surface area contributed by atoms with Gasteiger partial charge in [0.05, 0.1) is 18.5 Å². The van der Waals surface area contributed by atoms with Gasteiger partial charge in [-0.15, -0.1) is 0 Å². The predicted octanol–water partition coefficient (Wildman–Crippen LogP) is 0.318. The molecule has 0 spiro atoms. The molecule has 1 aliphatic rings. The van der Waals surface area contributed by atoms with Gasteiger partial charge >= 0.3 is 0 Å².